The Kier molecular flexibility index (Phi) is 7.48. The highest BCUT2D eigenvalue weighted by molar-refractivity contribution is 6.07. The lowest BCUT2D eigenvalue weighted by Crippen LogP contribution is -2.35. The van der Waals surface area contributed by atoms with E-state index in [0.717, 1.165) is 16.5 Å². The van der Waals surface area contributed by atoms with Crippen molar-refractivity contribution >= 4 is 16.8 Å². The minimum Gasteiger partial charge on any atom is -0.493 e. The number of amides is 1. The summed E-state index contributed by atoms with van der Waals surface area (Å²) in [6.45, 7) is 2.09. The number of rotatable bonds is 9. The lowest BCUT2D eigenvalue weighted by atomic mass is 10.0. The molecule has 1 amide bonds. The molecule has 0 bridgehead atoms. The number of pyridine rings is 1. The fraction of sp³-hybridized carbons (Fsp3) is 0.214. The van der Waals surface area contributed by atoms with E-state index in [-0.39, 0.29) is 19.1 Å². The van der Waals surface area contributed by atoms with E-state index in [0.29, 0.717) is 34.0 Å². The molecule has 180 valence electrons. The van der Waals surface area contributed by atoms with Crippen molar-refractivity contribution in [2.75, 3.05) is 27.4 Å². The third-order valence-corrected chi connectivity index (χ3v) is 5.57. The molecular weight excluding hydrogens is 444 g/mol. The minimum absolute atomic E-state index is 0.0486. The van der Waals surface area contributed by atoms with Gasteiger partial charge in [0.1, 0.15) is 18.5 Å². The second-order valence-corrected chi connectivity index (χ2v) is 8.13. The van der Waals surface area contributed by atoms with E-state index in [1.807, 2.05) is 67.6 Å². The molecule has 1 atom stereocenters. The van der Waals surface area contributed by atoms with Crippen LogP contribution in [0.3, 0.4) is 0 Å². The van der Waals surface area contributed by atoms with Crippen LogP contribution in [0.4, 0.5) is 0 Å². The van der Waals surface area contributed by atoms with Crippen LogP contribution >= 0.6 is 0 Å². The first-order chi connectivity index (χ1) is 17.0. The van der Waals surface area contributed by atoms with Crippen LogP contribution < -0.4 is 19.5 Å². The Hall–Kier alpha value is -4.10. The molecular formula is C28H28N2O5. The molecule has 0 aliphatic rings. The second kappa shape index (κ2) is 10.9. The molecule has 4 aromatic rings. The van der Waals surface area contributed by atoms with Crippen LogP contribution in [0.15, 0.2) is 72.8 Å². The van der Waals surface area contributed by atoms with Gasteiger partial charge in [0.2, 0.25) is 0 Å². The molecule has 3 aromatic carbocycles. The predicted octanol–water partition coefficient (Wildman–Crippen LogP) is 4.40. The average Bonchev–Trinajstić information content (AvgIpc) is 2.89. The van der Waals surface area contributed by atoms with Crippen LogP contribution in [0.1, 0.15) is 15.9 Å². The summed E-state index contributed by atoms with van der Waals surface area (Å²) in [7, 11) is 3.15. The van der Waals surface area contributed by atoms with Gasteiger partial charge in [-0.1, -0.05) is 30.3 Å². The maximum atomic E-state index is 13.2. The molecule has 0 saturated heterocycles. The Balaban J connectivity index is 1.53. The number of benzene rings is 3. The van der Waals surface area contributed by atoms with Crippen molar-refractivity contribution in [1.82, 2.24) is 10.3 Å². The fourth-order valence-electron chi connectivity index (χ4n) is 3.77. The van der Waals surface area contributed by atoms with E-state index >= 15 is 0 Å². The van der Waals surface area contributed by atoms with E-state index in [4.69, 9.17) is 19.2 Å². The zero-order valence-electron chi connectivity index (χ0n) is 19.9. The molecule has 0 radical (unpaired) electrons. The van der Waals surface area contributed by atoms with Gasteiger partial charge in [-0.2, -0.15) is 0 Å². The standard InChI is InChI=1S/C28H28N2O5/c1-18-7-6-8-21(13-18)35-17-20(31)16-29-28(32)23-15-25(30-24-10-5-4-9-22(23)24)19-11-12-26(33-2)27(14-19)34-3/h4-15,20,31H,16-17H2,1-3H3,(H,29,32). The van der Waals surface area contributed by atoms with Gasteiger partial charge in [-0.05, 0) is 55.0 Å². The summed E-state index contributed by atoms with van der Waals surface area (Å²) in [5, 5.41) is 13.9. The van der Waals surface area contributed by atoms with Crippen LogP contribution in [-0.4, -0.2) is 49.5 Å². The quantitative estimate of drug-likeness (QED) is 0.375. The number of fused-ring (bicyclic) bond motifs is 1. The number of aryl methyl sites for hydroxylation is 1. The van der Waals surface area contributed by atoms with Gasteiger partial charge in [0, 0.05) is 17.5 Å². The van der Waals surface area contributed by atoms with Crippen LogP contribution in [0.2, 0.25) is 0 Å². The third kappa shape index (κ3) is 5.70. The SMILES string of the molecule is COc1ccc(-c2cc(C(=O)NCC(O)COc3cccc(C)c3)c3ccccc3n2)cc1OC. The maximum Gasteiger partial charge on any atom is 0.252 e. The van der Waals surface area contributed by atoms with Gasteiger partial charge in [0.25, 0.3) is 5.91 Å². The van der Waals surface area contributed by atoms with Gasteiger partial charge in [-0.15, -0.1) is 0 Å². The average molecular weight is 473 g/mol. The third-order valence-electron chi connectivity index (χ3n) is 5.57. The number of ether oxygens (including phenoxy) is 3. The molecule has 0 saturated carbocycles. The van der Waals surface area contributed by atoms with Gasteiger partial charge in [0.15, 0.2) is 11.5 Å². The number of hydrogen-bond acceptors (Lipinski definition) is 6. The number of aliphatic hydroxyl groups excluding tert-OH is 1. The van der Waals surface area contributed by atoms with Gasteiger partial charge in [-0.25, -0.2) is 4.98 Å². The number of nitrogens with zero attached hydrogens (tertiary/aromatic N) is 1. The molecule has 0 aliphatic heterocycles. The Morgan fingerprint density at radius 3 is 2.54 bits per heavy atom. The maximum absolute atomic E-state index is 13.2. The summed E-state index contributed by atoms with van der Waals surface area (Å²) in [4.78, 5) is 17.9. The molecule has 7 nitrogen and oxygen atoms in total. The second-order valence-electron chi connectivity index (χ2n) is 8.13. The molecule has 35 heavy (non-hydrogen) atoms. The van der Waals surface area contributed by atoms with Gasteiger partial charge >= 0.3 is 0 Å². The highest BCUT2D eigenvalue weighted by Gasteiger charge is 2.16. The van der Waals surface area contributed by atoms with Crippen molar-refractivity contribution in [1.29, 1.82) is 0 Å². The number of para-hydroxylation sites is 1. The normalized spacial score (nSPS) is 11.7. The van der Waals surface area contributed by atoms with Crippen molar-refractivity contribution in [2.45, 2.75) is 13.0 Å². The molecule has 1 heterocycles. The summed E-state index contributed by atoms with van der Waals surface area (Å²) in [5.41, 5.74) is 3.63. The van der Waals surface area contributed by atoms with Crippen molar-refractivity contribution < 1.29 is 24.1 Å². The van der Waals surface area contributed by atoms with E-state index in [2.05, 4.69) is 5.32 Å². The van der Waals surface area contributed by atoms with Crippen molar-refractivity contribution in [3.05, 3.63) is 83.9 Å². The summed E-state index contributed by atoms with van der Waals surface area (Å²) < 4.78 is 16.4. The van der Waals surface area contributed by atoms with Crippen LogP contribution in [-0.2, 0) is 0 Å². The van der Waals surface area contributed by atoms with Crippen molar-refractivity contribution in [3.63, 3.8) is 0 Å². The molecule has 0 aliphatic carbocycles. The minimum atomic E-state index is -0.863. The molecule has 1 unspecified atom stereocenters. The number of carbonyl (C=O) groups excluding carboxylic acids is 1. The first-order valence-corrected chi connectivity index (χ1v) is 11.3. The fourth-order valence-corrected chi connectivity index (χ4v) is 3.77. The number of aromatic nitrogens is 1. The predicted molar refractivity (Wildman–Crippen MR) is 135 cm³/mol. The number of hydrogen-bond donors (Lipinski definition) is 2. The molecule has 2 N–H and O–H groups in total. The van der Waals surface area contributed by atoms with Crippen molar-refractivity contribution in [3.8, 4) is 28.5 Å². The summed E-state index contributed by atoms with van der Waals surface area (Å²) in [6, 6.07) is 22.3. The van der Waals surface area contributed by atoms with E-state index in [9.17, 15) is 9.90 Å². The number of nitrogens with one attached hydrogen (secondary N) is 1. The zero-order valence-corrected chi connectivity index (χ0v) is 19.9. The summed E-state index contributed by atoms with van der Waals surface area (Å²) in [5.74, 6) is 1.55. The summed E-state index contributed by atoms with van der Waals surface area (Å²) >= 11 is 0. The zero-order chi connectivity index (χ0) is 24.8. The van der Waals surface area contributed by atoms with E-state index in [1.165, 1.54) is 0 Å². The van der Waals surface area contributed by atoms with Gasteiger partial charge < -0.3 is 24.6 Å². The lowest BCUT2D eigenvalue weighted by molar-refractivity contribution is 0.0845. The molecule has 0 spiro atoms. The van der Waals surface area contributed by atoms with Crippen LogP contribution in [0.25, 0.3) is 22.2 Å². The largest absolute Gasteiger partial charge is 0.493 e. The topological polar surface area (TPSA) is 89.9 Å². The Labute approximate surface area is 204 Å². The smallest absolute Gasteiger partial charge is 0.252 e. The summed E-state index contributed by atoms with van der Waals surface area (Å²) in [6.07, 6.45) is -0.863. The highest BCUT2D eigenvalue weighted by atomic mass is 16.5. The van der Waals surface area contributed by atoms with Crippen LogP contribution in [0, 0.1) is 6.92 Å². The number of aliphatic hydroxyl groups is 1. The monoisotopic (exact) mass is 472 g/mol. The first-order valence-electron chi connectivity index (χ1n) is 11.3. The van der Waals surface area contributed by atoms with Crippen LogP contribution in [0.5, 0.6) is 17.2 Å². The Morgan fingerprint density at radius 1 is 0.971 bits per heavy atom. The molecule has 1 aromatic heterocycles. The molecule has 4 rings (SSSR count). The lowest BCUT2D eigenvalue weighted by Gasteiger charge is -2.15. The van der Waals surface area contributed by atoms with E-state index in [1.54, 1.807) is 26.4 Å². The highest BCUT2D eigenvalue weighted by Crippen LogP contribution is 2.33. The van der Waals surface area contributed by atoms with Gasteiger partial charge in [-0.3, -0.25) is 4.79 Å². The van der Waals surface area contributed by atoms with Crippen molar-refractivity contribution in [2.24, 2.45) is 0 Å². The Morgan fingerprint density at radius 2 is 1.77 bits per heavy atom. The first kappa shape index (κ1) is 24.0. The number of carbonyl (C=O) groups is 1. The molecule has 7 heteroatoms. The number of methoxy groups -OCH3 is 2. The van der Waals surface area contributed by atoms with Gasteiger partial charge in [0.05, 0.1) is 31.0 Å². The Bertz CT molecular complexity index is 1340. The van der Waals surface area contributed by atoms with E-state index < -0.39 is 6.10 Å². The molecule has 0 fully saturated rings.